The van der Waals surface area contributed by atoms with E-state index in [2.05, 4.69) is 21.6 Å². The molecule has 0 aromatic heterocycles. The quantitative estimate of drug-likeness (QED) is 0.110. The van der Waals surface area contributed by atoms with E-state index in [1.54, 1.807) is 41.5 Å². The molecular weight excluding hydrogens is 724 g/mol. The topological polar surface area (TPSA) is 230 Å². The minimum absolute atomic E-state index is 0.0560. The fraction of sp³-hybridized carbons (Fsp3) is 0.657. The summed E-state index contributed by atoms with van der Waals surface area (Å²) < 4.78 is 10.2. The molecular formula is C35H54N8O12. The minimum Gasteiger partial charge on any atom is -0.444 e. The number of hydrogen-bond donors (Lipinski definition) is 5. The molecule has 0 unspecified atom stereocenters. The van der Waals surface area contributed by atoms with E-state index in [0.717, 1.165) is 5.56 Å². The first-order chi connectivity index (χ1) is 25.9. The Hall–Kier alpha value is -4.92. The first-order valence-electron chi connectivity index (χ1n) is 18.3. The van der Waals surface area contributed by atoms with Gasteiger partial charge in [-0.25, -0.2) is 35.2 Å². The molecule has 0 radical (unpaired) electrons. The third-order valence-electron chi connectivity index (χ3n) is 8.58. The lowest BCUT2D eigenvalue weighted by Crippen LogP contribution is -2.50. The summed E-state index contributed by atoms with van der Waals surface area (Å²) in [5.74, 6) is -0.844. The third-order valence-corrected chi connectivity index (χ3v) is 8.58. The molecule has 20 nitrogen and oxygen atoms in total. The smallest absolute Gasteiger partial charge is 0.407 e. The van der Waals surface area contributed by atoms with Gasteiger partial charge < -0.3 is 29.9 Å². The van der Waals surface area contributed by atoms with Crippen LogP contribution in [0, 0.1) is 0 Å². The maximum Gasteiger partial charge on any atom is 0.407 e. The van der Waals surface area contributed by atoms with Crippen LogP contribution in [0.3, 0.4) is 0 Å². The molecule has 8 amide bonds. The summed E-state index contributed by atoms with van der Waals surface area (Å²) in [6.07, 6.45) is 1.07. The van der Waals surface area contributed by atoms with E-state index in [0.29, 0.717) is 50.4 Å². The first kappa shape index (κ1) is 42.8. The molecule has 4 aliphatic heterocycles. The van der Waals surface area contributed by atoms with Crippen molar-refractivity contribution in [3.8, 4) is 0 Å². The van der Waals surface area contributed by atoms with Gasteiger partial charge in [0.25, 0.3) is 11.8 Å². The number of fused-ring (bicyclic) bond motifs is 4. The summed E-state index contributed by atoms with van der Waals surface area (Å²) in [4.78, 5) is 90.8. The van der Waals surface area contributed by atoms with Crippen LogP contribution in [-0.4, -0.2) is 136 Å². The second-order valence-electron chi connectivity index (χ2n) is 15.3. The van der Waals surface area contributed by atoms with E-state index in [4.69, 9.17) is 24.0 Å². The van der Waals surface area contributed by atoms with Crippen molar-refractivity contribution >= 4 is 36.1 Å². The van der Waals surface area contributed by atoms with Crippen LogP contribution in [0.4, 0.5) is 19.2 Å². The highest BCUT2D eigenvalue weighted by molar-refractivity contribution is 5.88. The van der Waals surface area contributed by atoms with Gasteiger partial charge in [-0.05, 0) is 72.8 Å². The van der Waals surface area contributed by atoms with E-state index in [9.17, 15) is 34.0 Å². The molecule has 1 aromatic rings. The largest absolute Gasteiger partial charge is 0.444 e. The lowest BCUT2D eigenvalue weighted by molar-refractivity contribution is -0.141. The van der Waals surface area contributed by atoms with Gasteiger partial charge in [-0.3, -0.25) is 29.3 Å². The predicted molar refractivity (Wildman–Crippen MR) is 191 cm³/mol. The van der Waals surface area contributed by atoms with Crippen LogP contribution in [0.25, 0.3) is 0 Å². The van der Waals surface area contributed by atoms with Crippen molar-refractivity contribution in [2.24, 2.45) is 0 Å². The van der Waals surface area contributed by atoms with E-state index < -0.39 is 53.3 Å². The Morgan fingerprint density at radius 2 is 1.18 bits per heavy atom. The summed E-state index contributed by atoms with van der Waals surface area (Å²) >= 11 is 0. The summed E-state index contributed by atoms with van der Waals surface area (Å²) in [6.45, 7) is 12.1. The first-order valence-corrected chi connectivity index (χ1v) is 18.3. The number of carbonyl (C=O) groups is 6. The van der Waals surface area contributed by atoms with Gasteiger partial charge in [0.15, 0.2) is 0 Å². The standard InChI is InChI=1S/C21H30N4O6.C14H24N4O6/c1-21(2,3)31-19(27)22-11-12-29-23-18(26)17-10-9-16-13-24(17)20(28)25(16)30-14-15-7-5-4-6-8-15;1-14(2,3)24-12(20)15-6-7-23-16-11(19)10-5-4-9-8-17(10)13(21)18(9)22/h4-8,16-17H,9-14H2,1-3H3,(H,22,27)(H,23,26);9-10,22H,4-8H2,1-3H3,(H,15,20)(H,16,19)/t16-,17+;9-,10+/m11/s1. The molecule has 4 aliphatic rings. The van der Waals surface area contributed by atoms with E-state index >= 15 is 0 Å². The number of nitrogens with zero attached hydrogens (tertiary/aromatic N) is 4. The SMILES string of the molecule is CC(C)(C)OC(=O)NCCONC(=O)[C@@H]1CC[C@@H]2CN1C(=O)N2O.CC(C)(C)OC(=O)NCCONC(=O)[C@@H]1CC[C@@H]2CN1C(=O)N2OCc1ccccc1. The molecule has 1 aromatic carbocycles. The minimum atomic E-state index is -0.662. The van der Waals surface area contributed by atoms with Gasteiger partial charge in [-0.1, -0.05) is 30.3 Å². The van der Waals surface area contributed by atoms with Crippen LogP contribution >= 0.6 is 0 Å². The second-order valence-corrected chi connectivity index (χ2v) is 15.3. The number of urea groups is 2. The molecule has 306 valence electrons. The lowest BCUT2D eigenvalue weighted by Gasteiger charge is -2.29. The van der Waals surface area contributed by atoms with Crippen molar-refractivity contribution in [3.63, 3.8) is 0 Å². The van der Waals surface area contributed by atoms with Crippen molar-refractivity contribution in [1.29, 1.82) is 0 Å². The Morgan fingerprint density at radius 3 is 1.69 bits per heavy atom. The number of hydrogen-bond acceptors (Lipinski definition) is 12. The van der Waals surface area contributed by atoms with Crippen LogP contribution in [0.15, 0.2) is 30.3 Å². The highest BCUT2D eigenvalue weighted by Crippen LogP contribution is 2.31. The fourth-order valence-corrected chi connectivity index (χ4v) is 6.13. The highest BCUT2D eigenvalue weighted by atomic mass is 16.7. The van der Waals surface area contributed by atoms with Crippen molar-refractivity contribution in [1.82, 2.24) is 41.5 Å². The molecule has 4 atom stereocenters. The molecule has 55 heavy (non-hydrogen) atoms. The molecule has 4 saturated heterocycles. The zero-order chi connectivity index (χ0) is 40.3. The Labute approximate surface area is 319 Å². The van der Waals surface area contributed by atoms with Crippen molar-refractivity contribution < 1.29 is 58.0 Å². The number of amides is 8. The van der Waals surface area contributed by atoms with Gasteiger partial charge in [-0.2, -0.15) is 5.06 Å². The van der Waals surface area contributed by atoms with Crippen LogP contribution in [-0.2, 0) is 40.2 Å². The number of nitrogens with one attached hydrogen (secondary N) is 4. The molecule has 0 saturated carbocycles. The summed E-state index contributed by atoms with van der Waals surface area (Å²) in [6, 6.07) is 7.12. The van der Waals surface area contributed by atoms with Crippen LogP contribution in [0.5, 0.6) is 0 Å². The summed E-state index contributed by atoms with van der Waals surface area (Å²) in [5, 5.41) is 16.7. The lowest BCUT2D eigenvalue weighted by atomic mass is 10.0. The number of hydroxylamine groups is 6. The van der Waals surface area contributed by atoms with Crippen LogP contribution in [0.1, 0.15) is 72.8 Å². The van der Waals surface area contributed by atoms with E-state index in [-0.39, 0.29) is 44.4 Å². The normalized spacial score (nSPS) is 21.7. The highest BCUT2D eigenvalue weighted by Gasteiger charge is 2.48. The number of rotatable bonds is 13. The maximum atomic E-state index is 12.7. The zero-order valence-electron chi connectivity index (χ0n) is 32.2. The number of carbonyl (C=O) groups excluding carboxylic acids is 6. The monoisotopic (exact) mass is 778 g/mol. The second kappa shape index (κ2) is 19.1. The van der Waals surface area contributed by atoms with Crippen molar-refractivity contribution in [3.05, 3.63) is 35.9 Å². The Morgan fingerprint density at radius 1 is 0.709 bits per heavy atom. The number of ether oxygens (including phenoxy) is 2. The van der Waals surface area contributed by atoms with Crippen molar-refractivity contribution in [2.75, 3.05) is 39.4 Å². The Bertz CT molecular complexity index is 1500. The van der Waals surface area contributed by atoms with Gasteiger partial charge in [0, 0.05) is 26.2 Å². The molecule has 0 aliphatic carbocycles. The van der Waals surface area contributed by atoms with Gasteiger partial charge >= 0.3 is 24.2 Å². The van der Waals surface area contributed by atoms with Crippen LogP contribution < -0.4 is 21.6 Å². The molecule has 0 spiro atoms. The number of piperidine rings is 2. The Balaban J connectivity index is 0.000000253. The van der Waals surface area contributed by atoms with E-state index in [1.807, 2.05) is 30.3 Å². The van der Waals surface area contributed by atoms with Gasteiger partial charge in [0.05, 0.1) is 25.3 Å². The Kier molecular flexibility index (Phi) is 14.9. The zero-order valence-corrected chi connectivity index (χ0v) is 32.2. The van der Waals surface area contributed by atoms with Gasteiger partial charge in [0.2, 0.25) is 0 Å². The number of benzene rings is 1. The molecule has 5 N–H and O–H groups in total. The van der Waals surface area contributed by atoms with E-state index in [1.165, 1.54) is 14.9 Å². The summed E-state index contributed by atoms with van der Waals surface area (Å²) in [5.41, 5.74) is 4.43. The van der Waals surface area contributed by atoms with Crippen molar-refractivity contribution in [2.45, 2.75) is 109 Å². The average molecular weight is 779 g/mol. The molecule has 20 heteroatoms. The molecule has 4 heterocycles. The van der Waals surface area contributed by atoms with Gasteiger partial charge in [0.1, 0.15) is 29.9 Å². The fourth-order valence-electron chi connectivity index (χ4n) is 6.13. The molecule has 5 rings (SSSR count). The summed E-state index contributed by atoms with van der Waals surface area (Å²) in [7, 11) is 0. The molecule has 4 fully saturated rings. The van der Waals surface area contributed by atoms with Crippen LogP contribution in [0.2, 0.25) is 0 Å². The maximum absolute atomic E-state index is 12.7. The average Bonchev–Trinajstić information content (AvgIpc) is 3.48. The predicted octanol–water partition coefficient (Wildman–Crippen LogP) is 2.18. The van der Waals surface area contributed by atoms with Gasteiger partial charge in [-0.15, -0.1) is 0 Å². The third kappa shape index (κ3) is 12.8. The molecule has 4 bridgehead atoms. The number of alkyl carbamates (subject to hydrolysis) is 2.